The fourth-order valence-electron chi connectivity index (χ4n) is 3.51. The maximum atomic E-state index is 13.2. The molecule has 36 heavy (non-hydrogen) atoms. The van der Waals surface area contributed by atoms with Crippen LogP contribution in [0.15, 0.2) is 83.8 Å². The van der Waals surface area contributed by atoms with Crippen molar-refractivity contribution in [1.29, 1.82) is 0 Å². The first-order chi connectivity index (χ1) is 17.3. The van der Waals surface area contributed by atoms with Gasteiger partial charge >= 0.3 is 0 Å². The Labute approximate surface area is 211 Å². The number of carbonyl (C=O) groups excluding carboxylic acids is 2. The molecule has 2 amide bonds. The average molecular weight is 510 g/mol. The smallest absolute Gasteiger partial charge is 0.251 e. The second kappa shape index (κ2) is 12.9. The molecule has 3 rings (SSSR count). The lowest BCUT2D eigenvalue weighted by Gasteiger charge is -2.19. The van der Waals surface area contributed by atoms with Crippen LogP contribution < -0.4 is 20.5 Å². The molecule has 3 aromatic carbocycles. The molecule has 1 atom stereocenters. The van der Waals surface area contributed by atoms with Gasteiger partial charge in [-0.1, -0.05) is 62.2 Å². The Hall–Kier alpha value is -3.69. The number of benzene rings is 3. The Balaban J connectivity index is 1.73. The van der Waals surface area contributed by atoms with Crippen LogP contribution in [0.3, 0.4) is 0 Å². The highest BCUT2D eigenvalue weighted by Crippen LogP contribution is 2.22. The van der Waals surface area contributed by atoms with Crippen LogP contribution >= 0.6 is 0 Å². The summed E-state index contributed by atoms with van der Waals surface area (Å²) in [5, 5.41) is 10.7. The van der Waals surface area contributed by atoms with Crippen LogP contribution in [0.5, 0.6) is 5.75 Å². The van der Waals surface area contributed by atoms with Crippen LogP contribution in [0.1, 0.15) is 49.8 Å². The third-order valence-electron chi connectivity index (χ3n) is 5.49. The van der Waals surface area contributed by atoms with E-state index in [-0.39, 0.29) is 10.8 Å². The van der Waals surface area contributed by atoms with Crippen molar-refractivity contribution >= 4 is 27.5 Å². The normalized spacial score (nSPS) is 11.9. The molecule has 0 unspecified atom stereocenters. The summed E-state index contributed by atoms with van der Waals surface area (Å²) in [6.07, 6.45) is 2.96. The van der Waals surface area contributed by atoms with Gasteiger partial charge in [-0.25, -0.2) is 13.6 Å². The van der Waals surface area contributed by atoms with Gasteiger partial charge in [0.25, 0.3) is 5.91 Å². The van der Waals surface area contributed by atoms with Gasteiger partial charge in [0.05, 0.1) is 4.90 Å². The molecule has 0 aliphatic carbocycles. The van der Waals surface area contributed by atoms with Gasteiger partial charge in [0.1, 0.15) is 18.4 Å². The van der Waals surface area contributed by atoms with Crippen LogP contribution in [-0.2, 0) is 26.2 Å². The molecule has 0 aliphatic heterocycles. The molecule has 8 nitrogen and oxygen atoms in total. The molecule has 190 valence electrons. The van der Waals surface area contributed by atoms with Gasteiger partial charge in [0, 0.05) is 12.1 Å². The highest BCUT2D eigenvalue weighted by Gasteiger charge is 2.23. The number of nitrogens with one attached hydrogen (secondary N) is 2. The molecule has 0 bridgehead atoms. The van der Waals surface area contributed by atoms with Crippen molar-refractivity contribution < 1.29 is 22.7 Å². The lowest BCUT2D eigenvalue weighted by molar-refractivity contribution is -0.126. The molecule has 4 N–H and O–H groups in total. The van der Waals surface area contributed by atoms with E-state index in [0.717, 1.165) is 24.8 Å². The summed E-state index contributed by atoms with van der Waals surface area (Å²) >= 11 is 0. The first-order valence-electron chi connectivity index (χ1n) is 11.8. The Morgan fingerprint density at radius 3 is 2.19 bits per heavy atom. The van der Waals surface area contributed by atoms with E-state index < -0.39 is 22.0 Å². The summed E-state index contributed by atoms with van der Waals surface area (Å²) in [5.41, 5.74) is 2.00. The van der Waals surface area contributed by atoms with E-state index in [9.17, 15) is 18.0 Å². The van der Waals surface area contributed by atoms with Crippen LogP contribution in [0, 0.1) is 0 Å². The van der Waals surface area contributed by atoms with Crippen molar-refractivity contribution in [3.05, 3.63) is 90.0 Å². The number of amides is 2. The number of unbranched alkanes of at least 4 members (excludes halogenated alkanes) is 2. The molecule has 0 fully saturated rings. The van der Waals surface area contributed by atoms with E-state index in [1.54, 1.807) is 24.3 Å². The predicted molar refractivity (Wildman–Crippen MR) is 139 cm³/mol. The fraction of sp³-hybridized carbons (Fsp3) is 0.259. The summed E-state index contributed by atoms with van der Waals surface area (Å²) in [4.78, 5) is 25.6. The minimum absolute atomic E-state index is 0.0626. The molecule has 0 saturated heterocycles. The van der Waals surface area contributed by atoms with Crippen molar-refractivity contribution in [2.24, 2.45) is 5.14 Å². The number of carbonyl (C=O) groups is 2. The topological polar surface area (TPSA) is 128 Å². The van der Waals surface area contributed by atoms with Crippen molar-refractivity contribution in [3.8, 4) is 5.75 Å². The van der Waals surface area contributed by atoms with Gasteiger partial charge in [-0.15, -0.1) is 0 Å². The standard InChI is InChI=1S/C27H31N3O5S/c1-2-3-5-10-25(31)30-26(27(32)29-22-13-17-24(18-14-22)36(28,33)34)21-11-15-23(16-12-21)35-19-20-8-6-4-7-9-20/h4,6-9,11-18,26H,2-3,5,10,19H2,1H3,(H,29,32)(H,30,31)(H2,28,33,34)/t26-/m0/s1. The number of ether oxygens (including phenoxy) is 1. The maximum Gasteiger partial charge on any atom is 0.251 e. The number of nitrogens with two attached hydrogens (primary N) is 1. The zero-order valence-electron chi connectivity index (χ0n) is 20.1. The number of hydrogen-bond acceptors (Lipinski definition) is 5. The summed E-state index contributed by atoms with van der Waals surface area (Å²) in [6.45, 7) is 2.46. The summed E-state index contributed by atoms with van der Waals surface area (Å²) < 4.78 is 28.8. The summed E-state index contributed by atoms with van der Waals surface area (Å²) in [5.74, 6) is -0.0488. The Kier molecular flexibility index (Phi) is 9.61. The van der Waals surface area contributed by atoms with E-state index in [2.05, 4.69) is 17.6 Å². The zero-order chi connectivity index (χ0) is 26.0. The van der Waals surface area contributed by atoms with E-state index in [1.807, 2.05) is 30.3 Å². The Morgan fingerprint density at radius 2 is 1.58 bits per heavy atom. The lowest BCUT2D eigenvalue weighted by atomic mass is 10.0. The number of sulfonamides is 1. The fourth-order valence-corrected chi connectivity index (χ4v) is 4.02. The van der Waals surface area contributed by atoms with Crippen LogP contribution in [-0.4, -0.2) is 20.2 Å². The molecule has 9 heteroatoms. The van der Waals surface area contributed by atoms with Crippen molar-refractivity contribution in [1.82, 2.24) is 5.32 Å². The van der Waals surface area contributed by atoms with Crippen LogP contribution in [0.2, 0.25) is 0 Å². The van der Waals surface area contributed by atoms with Gasteiger partial charge in [0.15, 0.2) is 0 Å². The number of rotatable bonds is 12. The van der Waals surface area contributed by atoms with Crippen LogP contribution in [0.25, 0.3) is 0 Å². The third kappa shape index (κ3) is 8.21. The third-order valence-corrected chi connectivity index (χ3v) is 6.42. The molecule has 0 radical (unpaired) electrons. The minimum Gasteiger partial charge on any atom is -0.489 e. The Bertz CT molecular complexity index is 1240. The van der Waals surface area contributed by atoms with Gasteiger partial charge < -0.3 is 15.4 Å². The minimum atomic E-state index is -3.84. The van der Waals surface area contributed by atoms with Crippen molar-refractivity contribution in [2.45, 2.75) is 50.2 Å². The average Bonchev–Trinajstić information content (AvgIpc) is 2.87. The highest BCUT2D eigenvalue weighted by molar-refractivity contribution is 7.89. The largest absolute Gasteiger partial charge is 0.489 e. The Morgan fingerprint density at radius 1 is 0.917 bits per heavy atom. The van der Waals surface area contributed by atoms with E-state index in [1.165, 1.54) is 24.3 Å². The van der Waals surface area contributed by atoms with E-state index in [4.69, 9.17) is 9.88 Å². The van der Waals surface area contributed by atoms with Gasteiger partial charge in [-0.05, 0) is 53.9 Å². The summed E-state index contributed by atoms with van der Waals surface area (Å²) in [6, 6.07) is 21.3. The van der Waals surface area contributed by atoms with Gasteiger partial charge in [0.2, 0.25) is 15.9 Å². The first kappa shape index (κ1) is 26.9. The van der Waals surface area contributed by atoms with Gasteiger partial charge in [-0.2, -0.15) is 0 Å². The molecular formula is C27H31N3O5S. The number of hydrogen-bond donors (Lipinski definition) is 3. The highest BCUT2D eigenvalue weighted by atomic mass is 32.2. The quantitative estimate of drug-likeness (QED) is 0.314. The maximum absolute atomic E-state index is 13.2. The molecule has 0 saturated carbocycles. The molecule has 0 heterocycles. The molecule has 3 aromatic rings. The van der Waals surface area contributed by atoms with Crippen LogP contribution in [0.4, 0.5) is 5.69 Å². The SMILES string of the molecule is CCCCCC(=O)N[C@H](C(=O)Nc1ccc(S(N)(=O)=O)cc1)c1ccc(OCc2ccccc2)cc1. The van der Waals surface area contributed by atoms with Crippen molar-refractivity contribution in [2.75, 3.05) is 5.32 Å². The molecule has 0 spiro atoms. The predicted octanol–water partition coefficient (Wildman–Crippen LogP) is 4.29. The second-order valence-corrected chi connectivity index (χ2v) is 9.92. The molecule has 0 aliphatic rings. The van der Waals surface area contributed by atoms with Crippen molar-refractivity contribution in [3.63, 3.8) is 0 Å². The first-order valence-corrected chi connectivity index (χ1v) is 13.3. The zero-order valence-corrected chi connectivity index (χ0v) is 21.0. The lowest BCUT2D eigenvalue weighted by Crippen LogP contribution is -2.36. The number of primary sulfonamides is 1. The molecular weight excluding hydrogens is 478 g/mol. The van der Waals surface area contributed by atoms with E-state index in [0.29, 0.717) is 30.0 Å². The van der Waals surface area contributed by atoms with Gasteiger partial charge in [-0.3, -0.25) is 9.59 Å². The monoisotopic (exact) mass is 509 g/mol. The second-order valence-electron chi connectivity index (χ2n) is 8.36. The summed E-state index contributed by atoms with van der Waals surface area (Å²) in [7, 11) is -3.84. The number of anilines is 1. The molecule has 0 aromatic heterocycles. The van der Waals surface area contributed by atoms with E-state index >= 15 is 0 Å².